The van der Waals surface area contributed by atoms with E-state index in [9.17, 15) is 13.2 Å². The van der Waals surface area contributed by atoms with Crippen LogP contribution in [0.5, 0.6) is 0 Å². The van der Waals surface area contributed by atoms with Crippen molar-refractivity contribution in [2.75, 3.05) is 18.5 Å². The second-order valence-corrected chi connectivity index (χ2v) is 6.56. The highest BCUT2D eigenvalue weighted by atomic mass is 35.5. The lowest BCUT2D eigenvalue weighted by Crippen LogP contribution is -2.25. The maximum atomic E-state index is 12.0. The lowest BCUT2D eigenvalue weighted by Gasteiger charge is -2.11. The Bertz CT molecular complexity index is 655. The monoisotopic (exact) mass is 300 g/mol. The molecule has 0 saturated heterocycles. The van der Waals surface area contributed by atoms with Crippen molar-refractivity contribution in [1.82, 2.24) is 4.72 Å². The van der Waals surface area contributed by atoms with Crippen molar-refractivity contribution >= 4 is 33.2 Å². The summed E-state index contributed by atoms with van der Waals surface area (Å²) in [6.45, 7) is 3.39. The van der Waals surface area contributed by atoms with E-state index in [2.05, 4.69) is 11.3 Å². The lowest BCUT2D eigenvalue weighted by atomic mass is 10.2. The van der Waals surface area contributed by atoms with Crippen LogP contribution in [0.15, 0.2) is 34.7 Å². The van der Waals surface area contributed by atoms with Crippen LogP contribution in [-0.2, 0) is 21.2 Å². The van der Waals surface area contributed by atoms with E-state index in [0.717, 1.165) is 5.69 Å². The third kappa shape index (κ3) is 2.80. The van der Waals surface area contributed by atoms with Crippen LogP contribution in [0.25, 0.3) is 0 Å². The number of carbonyl (C=O) groups is 1. The Kier molecular flexibility index (Phi) is 3.66. The van der Waals surface area contributed by atoms with Gasteiger partial charge in [-0.25, -0.2) is 13.1 Å². The summed E-state index contributed by atoms with van der Waals surface area (Å²) in [7, 11) is -1.97. The molecule has 0 spiro atoms. The fourth-order valence-electron chi connectivity index (χ4n) is 1.87. The van der Waals surface area contributed by atoms with E-state index >= 15 is 0 Å². The van der Waals surface area contributed by atoms with E-state index in [1.165, 1.54) is 17.0 Å². The standard InChI is InChI=1S/C12H13ClN2O3S/c1-8(13)7-14-19(17,18)10-3-4-11-9(5-10)6-12(16)15(11)2/h3-5,14H,1,6-7H2,2H3. The number of nitrogens with zero attached hydrogens (tertiary/aromatic N) is 1. The zero-order valence-electron chi connectivity index (χ0n) is 10.3. The van der Waals surface area contributed by atoms with Gasteiger partial charge in [-0.1, -0.05) is 18.2 Å². The van der Waals surface area contributed by atoms with Gasteiger partial charge >= 0.3 is 0 Å². The Morgan fingerprint density at radius 2 is 2.21 bits per heavy atom. The molecule has 0 radical (unpaired) electrons. The Hall–Kier alpha value is -1.37. The molecule has 0 saturated carbocycles. The first-order valence-corrected chi connectivity index (χ1v) is 7.40. The third-order valence-corrected chi connectivity index (χ3v) is 4.42. The maximum Gasteiger partial charge on any atom is 0.240 e. The predicted octanol–water partition coefficient (Wildman–Crippen LogP) is 1.24. The van der Waals surface area contributed by atoms with Gasteiger partial charge in [-0.3, -0.25) is 4.79 Å². The number of carbonyl (C=O) groups excluding carboxylic acids is 1. The molecule has 7 heteroatoms. The minimum atomic E-state index is -3.64. The molecule has 19 heavy (non-hydrogen) atoms. The summed E-state index contributed by atoms with van der Waals surface area (Å²) >= 11 is 5.53. The van der Waals surface area contributed by atoms with Gasteiger partial charge in [-0.2, -0.15) is 0 Å². The Balaban J connectivity index is 2.31. The summed E-state index contributed by atoms with van der Waals surface area (Å²) in [5, 5.41) is 0.208. The van der Waals surface area contributed by atoms with Gasteiger partial charge in [0.1, 0.15) is 0 Å². The van der Waals surface area contributed by atoms with Crippen LogP contribution >= 0.6 is 11.6 Å². The minimum absolute atomic E-state index is 0.0280. The number of fused-ring (bicyclic) bond motifs is 1. The number of benzene rings is 1. The average molecular weight is 301 g/mol. The van der Waals surface area contributed by atoms with Crippen molar-refractivity contribution in [3.63, 3.8) is 0 Å². The third-order valence-electron chi connectivity index (χ3n) is 2.89. The van der Waals surface area contributed by atoms with Gasteiger partial charge in [0, 0.05) is 24.3 Å². The van der Waals surface area contributed by atoms with Gasteiger partial charge in [0.2, 0.25) is 15.9 Å². The van der Waals surface area contributed by atoms with Crippen LogP contribution in [0.4, 0.5) is 5.69 Å². The maximum absolute atomic E-state index is 12.0. The number of sulfonamides is 1. The number of hydrogen-bond acceptors (Lipinski definition) is 3. The molecule has 0 unspecified atom stereocenters. The second kappa shape index (κ2) is 4.96. The Labute approximate surface area is 116 Å². The van der Waals surface area contributed by atoms with Crippen LogP contribution in [0.1, 0.15) is 5.56 Å². The fraction of sp³-hybridized carbons (Fsp3) is 0.250. The van der Waals surface area contributed by atoms with E-state index in [1.807, 2.05) is 0 Å². The molecule has 1 heterocycles. The van der Waals surface area contributed by atoms with Gasteiger partial charge < -0.3 is 4.90 Å². The minimum Gasteiger partial charge on any atom is -0.315 e. The first-order chi connectivity index (χ1) is 8.81. The van der Waals surface area contributed by atoms with Gasteiger partial charge in [0.25, 0.3) is 0 Å². The molecule has 1 aliphatic rings. The lowest BCUT2D eigenvalue weighted by molar-refractivity contribution is -0.117. The molecule has 5 nitrogen and oxygen atoms in total. The Morgan fingerprint density at radius 1 is 1.53 bits per heavy atom. The van der Waals surface area contributed by atoms with E-state index in [4.69, 9.17) is 11.6 Å². The zero-order valence-corrected chi connectivity index (χ0v) is 11.9. The van der Waals surface area contributed by atoms with Crippen molar-refractivity contribution in [2.45, 2.75) is 11.3 Å². The zero-order chi connectivity index (χ0) is 14.2. The molecule has 1 aliphatic heterocycles. The van der Waals surface area contributed by atoms with Crippen molar-refractivity contribution in [3.8, 4) is 0 Å². The molecule has 1 aromatic carbocycles. The molecule has 0 aromatic heterocycles. The number of rotatable bonds is 4. The Morgan fingerprint density at radius 3 is 2.84 bits per heavy atom. The van der Waals surface area contributed by atoms with E-state index in [1.54, 1.807) is 13.1 Å². The fourth-order valence-corrected chi connectivity index (χ4v) is 3.09. The first-order valence-electron chi connectivity index (χ1n) is 5.53. The van der Waals surface area contributed by atoms with Crippen LogP contribution < -0.4 is 9.62 Å². The van der Waals surface area contributed by atoms with Crippen molar-refractivity contribution in [2.24, 2.45) is 0 Å². The normalized spacial score (nSPS) is 14.6. The van der Waals surface area contributed by atoms with Crippen molar-refractivity contribution in [1.29, 1.82) is 0 Å². The molecule has 1 aromatic rings. The molecule has 1 amide bonds. The van der Waals surface area contributed by atoms with Crippen LogP contribution in [-0.4, -0.2) is 27.9 Å². The summed E-state index contributed by atoms with van der Waals surface area (Å²) in [4.78, 5) is 13.2. The van der Waals surface area contributed by atoms with Gasteiger partial charge in [-0.15, -0.1) is 0 Å². The van der Waals surface area contributed by atoms with Gasteiger partial charge in [0.15, 0.2) is 0 Å². The molecule has 0 bridgehead atoms. The second-order valence-electron chi connectivity index (χ2n) is 4.26. The first kappa shape index (κ1) is 14.0. The summed E-state index contributed by atoms with van der Waals surface area (Å²) < 4.78 is 26.3. The molecule has 1 N–H and O–H groups in total. The largest absolute Gasteiger partial charge is 0.315 e. The topological polar surface area (TPSA) is 66.5 Å². The summed E-state index contributed by atoms with van der Waals surface area (Å²) in [5.41, 5.74) is 1.45. The highest BCUT2D eigenvalue weighted by molar-refractivity contribution is 7.89. The molecule has 0 fully saturated rings. The number of halogens is 1. The highest BCUT2D eigenvalue weighted by Gasteiger charge is 2.26. The van der Waals surface area contributed by atoms with E-state index < -0.39 is 10.0 Å². The molecular weight excluding hydrogens is 288 g/mol. The number of hydrogen-bond donors (Lipinski definition) is 1. The SMILES string of the molecule is C=C(Cl)CNS(=O)(=O)c1ccc2c(c1)CC(=O)N2C. The van der Waals surface area contributed by atoms with Crippen molar-refractivity contribution in [3.05, 3.63) is 35.4 Å². The molecule has 0 atom stereocenters. The van der Waals surface area contributed by atoms with Crippen LogP contribution in [0.3, 0.4) is 0 Å². The average Bonchev–Trinajstić information content (AvgIpc) is 2.62. The van der Waals surface area contributed by atoms with E-state index in [0.29, 0.717) is 5.56 Å². The smallest absolute Gasteiger partial charge is 0.240 e. The number of nitrogens with one attached hydrogen (secondary N) is 1. The number of anilines is 1. The van der Waals surface area contributed by atoms with E-state index in [-0.39, 0.29) is 28.8 Å². The number of likely N-dealkylation sites (N-methyl/N-ethyl adjacent to an activating group) is 1. The van der Waals surface area contributed by atoms with Crippen molar-refractivity contribution < 1.29 is 13.2 Å². The van der Waals surface area contributed by atoms with Crippen LogP contribution in [0.2, 0.25) is 0 Å². The number of amides is 1. The molecular formula is C12H13ClN2O3S. The van der Waals surface area contributed by atoms with Gasteiger partial charge in [-0.05, 0) is 23.8 Å². The van der Waals surface area contributed by atoms with Gasteiger partial charge in [0.05, 0.1) is 11.3 Å². The molecule has 0 aliphatic carbocycles. The molecule has 2 rings (SSSR count). The summed E-state index contributed by atoms with van der Waals surface area (Å²) in [6, 6.07) is 4.60. The quantitative estimate of drug-likeness (QED) is 0.909. The highest BCUT2D eigenvalue weighted by Crippen LogP contribution is 2.29. The predicted molar refractivity (Wildman–Crippen MR) is 73.7 cm³/mol. The molecule has 102 valence electrons. The summed E-state index contributed by atoms with van der Waals surface area (Å²) in [6.07, 6.45) is 0.220. The summed E-state index contributed by atoms with van der Waals surface area (Å²) in [5.74, 6) is -0.0494. The van der Waals surface area contributed by atoms with Crippen LogP contribution in [0, 0.1) is 0 Å².